The summed E-state index contributed by atoms with van der Waals surface area (Å²) in [6.45, 7) is 4.77. The summed E-state index contributed by atoms with van der Waals surface area (Å²) in [6.07, 6.45) is 1.62. The number of fused-ring (bicyclic) bond motifs is 1. The summed E-state index contributed by atoms with van der Waals surface area (Å²) in [5, 5.41) is 22.7. The van der Waals surface area contributed by atoms with Crippen molar-refractivity contribution in [2.24, 2.45) is 7.05 Å². The molecule has 0 aliphatic carbocycles. The average molecular weight is 633 g/mol. The summed E-state index contributed by atoms with van der Waals surface area (Å²) >= 11 is 0. The molecule has 238 valence electrons. The van der Waals surface area contributed by atoms with E-state index in [2.05, 4.69) is 26.6 Å². The van der Waals surface area contributed by atoms with Gasteiger partial charge in [0.15, 0.2) is 11.4 Å². The number of aromatic nitrogens is 6. The lowest BCUT2D eigenvalue weighted by Gasteiger charge is -2.12. The van der Waals surface area contributed by atoms with Crippen molar-refractivity contribution < 1.29 is 23.4 Å². The molecule has 13 heteroatoms. The molecule has 4 aromatic heterocycles. The van der Waals surface area contributed by atoms with Gasteiger partial charge in [0.2, 0.25) is 5.76 Å². The molecule has 0 saturated heterocycles. The van der Waals surface area contributed by atoms with Crippen LogP contribution in [0, 0.1) is 18.3 Å². The number of nitriles is 1. The fourth-order valence-electron chi connectivity index (χ4n) is 5.27. The number of rotatable bonds is 11. The first-order valence-corrected chi connectivity index (χ1v) is 14.8. The second kappa shape index (κ2) is 13.1. The number of aryl methyl sites for hydroxylation is 3. The number of carbonyl (C=O) groups excluding carboxylic acids is 1. The van der Waals surface area contributed by atoms with E-state index in [1.807, 2.05) is 50.2 Å². The number of hydrogen-bond acceptors (Lipinski definition) is 10. The van der Waals surface area contributed by atoms with Gasteiger partial charge in [0.25, 0.3) is 11.8 Å². The van der Waals surface area contributed by atoms with Crippen LogP contribution in [-0.4, -0.2) is 49.7 Å². The molecule has 47 heavy (non-hydrogen) atoms. The van der Waals surface area contributed by atoms with Crippen LogP contribution >= 0.6 is 0 Å². The van der Waals surface area contributed by atoms with Crippen LogP contribution in [0.1, 0.15) is 40.0 Å². The molecule has 6 aromatic rings. The second-order valence-corrected chi connectivity index (χ2v) is 10.6. The minimum Gasteiger partial charge on any atom is -0.497 e. The zero-order chi connectivity index (χ0) is 33.1. The van der Waals surface area contributed by atoms with Crippen molar-refractivity contribution in [1.29, 1.82) is 5.26 Å². The Kier molecular flexibility index (Phi) is 8.57. The third-order valence-corrected chi connectivity index (χ3v) is 7.67. The van der Waals surface area contributed by atoms with Gasteiger partial charge >= 0.3 is 0 Å². The van der Waals surface area contributed by atoms with Gasteiger partial charge in [-0.25, -0.2) is 9.97 Å². The zero-order valence-corrected chi connectivity index (χ0v) is 26.6. The Morgan fingerprint density at radius 2 is 1.87 bits per heavy atom. The van der Waals surface area contributed by atoms with Gasteiger partial charge in [-0.15, -0.1) is 0 Å². The van der Waals surface area contributed by atoms with Crippen molar-refractivity contribution in [3.63, 3.8) is 0 Å². The number of pyridine rings is 1. The SMILES string of the molecule is CCn1nc(C)c(OCc2ccccc2)c1-c1nc(-c2nc(C(=O)NCc3ccc(OC)cc3OC)cc3c2cnn3C)c(C#N)o1. The van der Waals surface area contributed by atoms with E-state index in [1.54, 1.807) is 55.0 Å². The summed E-state index contributed by atoms with van der Waals surface area (Å²) in [7, 11) is 4.88. The van der Waals surface area contributed by atoms with Crippen molar-refractivity contribution in [1.82, 2.24) is 34.8 Å². The molecule has 0 bridgehead atoms. The molecule has 0 atom stereocenters. The number of oxazole rings is 1. The van der Waals surface area contributed by atoms with Crippen LogP contribution in [0.25, 0.3) is 33.9 Å². The van der Waals surface area contributed by atoms with E-state index in [-0.39, 0.29) is 35.3 Å². The Morgan fingerprint density at radius 3 is 2.60 bits per heavy atom. The minimum absolute atomic E-state index is 0.0753. The van der Waals surface area contributed by atoms with Crippen LogP contribution in [0.4, 0.5) is 0 Å². The third kappa shape index (κ3) is 5.96. The van der Waals surface area contributed by atoms with E-state index in [4.69, 9.17) is 23.6 Å². The number of benzene rings is 2. The average Bonchev–Trinajstić information content (AvgIpc) is 3.80. The summed E-state index contributed by atoms with van der Waals surface area (Å²) in [6, 6.07) is 18.9. The summed E-state index contributed by atoms with van der Waals surface area (Å²) < 4.78 is 26.4. The first-order chi connectivity index (χ1) is 22.8. The van der Waals surface area contributed by atoms with Gasteiger partial charge in [0.1, 0.15) is 47.0 Å². The Labute approximate surface area is 270 Å². The van der Waals surface area contributed by atoms with Crippen molar-refractivity contribution in [3.05, 3.63) is 89.1 Å². The lowest BCUT2D eigenvalue weighted by atomic mass is 10.1. The first kappa shape index (κ1) is 30.8. The lowest BCUT2D eigenvalue weighted by Crippen LogP contribution is -2.24. The Balaban J connectivity index is 1.38. The topological polar surface area (TPSA) is 155 Å². The number of nitrogens with zero attached hydrogens (tertiary/aromatic N) is 7. The number of amides is 1. The molecular weight excluding hydrogens is 600 g/mol. The summed E-state index contributed by atoms with van der Waals surface area (Å²) in [4.78, 5) is 22.9. The molecule has 1 amide bonds. The molecule has 0 aliphatic heterocycles. The first-order valence-electron chi connectivity index (χ1n) is 14.8. The highest BCUT2D eigenvalue weighted by Crippen LogP contribution is 2.38. The van der Waals surface area contributed by atoms with Gasteiger partial charge in [-0.05, 0) is 37.6 Å². The summed E-state index contributed by atoms with van der Waals surface area (Å²) in [5.41, 5.74) is 4.06. The standard InChI is InChI=1S/C34H32N8O5/c1-6-42-31(32(20(2)40-42)46-19-21-10-8-7-9-11-21)34-39-30(28(16-35)47-34)29-24-18-37-41(3)26(24)15-25(38-29)33(43)36-17-22-12-13-23(44-4)14-27(22)45-5/h7-15,18H,6,17,19H2,1-5H3,(H,36,43). The molecule has 0 spiro atoms. The largest absolute Gasteiger partial charge is 0.497 e. The van der Waals surface area contributed by atoms with Gasteiger partial charge < -0.3 is 23.9 Å². The predicted octanol–water partition coefficient (Wildman–Crippen LogP) is 5.21. The maximum absolute atomic E-state index is 13.5. The van der Waals surface area contributed by atoms with Gasteiger partial charge in [-0.2, -0.15) is 15.5 Å². The van der Waals surface area contributed by atoms with E-state index < -0.39 is 5.91 Å². The maximum atomic E-state index is 13.5. The van der Waals surface area contributed by atoms with Crippen LogP contribution < -0.4 is 19.5 Å². The van der Waals surface area contributed by atoms with Crippen LogP contribution in [0.15, 0.2) is 65.2 Å². The Morgan fingerprint density at radius 1 is 1.06 bits per heavy atom. The van der Waals surface area contributed by atoms with E-state index >= 15 is 0 Å². The number of nitrogens with one attached hydrogen (secondary N) is 1. The van der Waals surface area contributed by atoms with Crippen molar-refractivity contribution in [2.75, 3.05) is 14.2 Å². The smallest absolute Gasteiger partial charge is 0.270 e. The maximum Gasteiger partial charge on any atom is 0.270 e. The molecule has 0 saturated carbocycles. The fourth-order valence-corrected chi connectivity index (χ4v) is 5.27. The quantitative estimate of drug-likeness (QED) is 0.201. The molecule has 6 rings (SSSR count). The van der Waals surface area contributed by atoms with Crippen LogP contribution in [0.2, 0.25) is 0 Å². The molecule has 13 nitrogen and oxygen atoms in total. The van der Waals surface area contributed by atoms with Crippen molar-refractivity contribution in [3.8, 4) is 46.3 Å². The van der Waals surface area contributed by atoms with E-state index in [0.717, 1.165) is 11.1 Å². The van der Waals surface area contributed by atoms with E-state index in [9.17, 15) is 10.1 Å². The lowest BCUT2D eigenvalue weighted by molar-refractivity contribution is 0.0946. The Bertz CT molecular complexity index is 2120. The molecule has 2 aromatic carbocycles. The highest BCUT2D eigenvalue weighted by Gasteiger charge is 2.28. The van der Waals surface area contributed by atoms with Crippen LogP contribution in [0.5, 0.6) is 17.2 Å². The highest BCUT2D eigenvalue weighted by molar-refractivity contribution is 6.00. The van der Waals surface area contributed by atoms with E-state index in [0.29, 0.717) is 52.7 Å². The monoisotopic (exact) mass is 632 g/mol. The molecule has 0 radical (unpaired) electrons. The molecule has 0 unspecified atom stereocenters. The molecule has 1 N–H and O–H groups in total. The fraction of sp³-hybridized carbons (Fsp3) is 0.235. The van der Waals surface area contributed by atoms with Crippen molar-refractivity contribution >= 4 is 16.8 Å². The van der Waals surface area contributed by atoms with Gasteiger partial charge in [-0.1, -0.05) is 30.3 Å². The molecule has 0 fully saturated rings. The third-order valence-electron chi connectivity index (χ3n) is 7.67. The summed E-state index contributed by atoms with van der Waals surface area (Å²) in [5.74, 6) is 1.33. The van der Waals surface area contributed by atoms with Gasteiger partial charge in [0.05, 0.1) is 25.9 Å². The second-order valence-electron chi connectivity index (χ2n) is 10.6. The van der Waals surface area contributed by atoms with E-state index in [1.165, 1.54) is 0 Å². The number of carbonyl (C=O) groups is 1. The number of ether oxygens (including phenoxy) is 3. The van der Waals surface area contributed by atoms with Crippen molar-refractivity contribution in [2.45, 2.75) is 33.5 Å². The van der Waals surface area contributed by atoms with Gasteiger partial charge in [0, 0.05) is 37.2 Å². The highest BCUT2D eigenvalue weighted by atomic mass is 16.5. The molecule has 4 heterocycles. The number of methoxy groups -OCH3 is 2. The number of hydrogen-bond donors (Lipinski definition) is 1. The van der Waals surface area contributed by atoms with Gasteiger partial charge in [-0.3, -0.25) is 14.2 Å². The zero-order valence-electron chi connectivity index (χ0n) is 26.6. The Hall–Kier alpha value is -6.16. The molecule has 0 aliphatic rings. The normalized spacial score (nSPS) is 11.0. The molecular formula is C34H32N8O5. The predicted molar refractivity (Wildman–Crippen MR) is 172 cm³/mol. The van der Waals surface area contributed by atoms with Crippen LogP contribution in [0.3, 0.4) is 0 Å². The van der Waals surface area contributed by atoms with Crippen LogP contribution in [-0.2, 0) is 26.7 Å². The minimum atomic E-state index is -0.439.